The summed E-state index contributed by atoms with van der Waals surface area (Å²) in [6.07, 6.45) is 7.25. The number of piperidine rings is 1. The average molecular weight is 615 g/mol. The SMILES string of the molecule is CN(C)C1CCN(c2ccc(Nc3ncc(F)c(-c4cc(F)c5c(c4)N(c4cccc6c4CCCC6)CCO5)n3)cc2F)CC1. The van der Waals surface area contributed by atoms with Crippen LogP contribution in [0.15, 0.2) is 54.7 Å². The van der Waals surface area contributed by atoms with Gasteiger partial charge in [0, 0.05) is 36.1 Å². The molecule has 0 bridgehead atoms. The molecule has 10 heteroatoms. The smallest absolute Gasteiger partial charge is 0.227 e. The second-order valence-corrected chi connectivity index (χ2v) is 12.3. The van der Waals surface area contributed by atoms with Crippen LogP contribution in [-0.2, 0) is 12.8 Å². The van der Waals surface area contributed by atoms with Crippen LogP contribution < -0.4 is 19.9 Å². The van der Waals surface area contributed by atoms with E-state index in [4.69, 9.17) is 4.74 Å². The van der Waals surface area contributed by atoms with Crippen molar-refractivity contribution in [3.8, 4) is 17.0 Å². The maximum atomic E-state index is 15.5. The van der Waals surface area contributed by atoms with E-state index in [1.807, 2.05) is 6.07 Å². The highest BCUT2D eigenvalue weighted by molar-refractivity contribution is 5.79. The monoisotopic (exact) mass is 614 g/mol. The van der Waals surface area contributed by atoms with E-state index in [-0.39, 0.29) is 28.8 Å². The number of halogens is 3. The van der Waals surface area contributed by atoms with Crippen LogP contribution in [0, 0.1) is 17.5 Å². The van der Waals surface area contributed by atoms with Gasteiger partial charge in [-0.05, 0) is 100 Å². The number of benzene rings is 3. The molecule has 1 aliphatic carbocycles. The molecule has 1 N–H and O–H groups in total. The molecule has 0 amide bonds. The largest absolute Gasteiger partial charge is 0.486 e. The lowest BCUT2D eigenvalue weighted by atomic mass is 9.90. The maximum absolute atomic E-state index is 15.5. The third-order valence-electron chi connectivity index (χ3n) is 9.29. The number of aryl methyl sites for hydroxylation is 1. The van der Waals surface area contributed by atoms with Crippen molar-refractivity contribution < 1.29 is 17.9 Å². The summed E-state index contributed by atoms with van der Waals surface area (Å²) in [6.45, 7) is 2.44. The van der Waals surface area contributed by atoms with E-state index < -0.39 is 11.6 Å². The molecule has 4 aromatic rings. The number of ether oxygens (including phenoxy) is 1. The predicted octanol–water partition coefficient (Wildman–Crippen LogP) is 7.24. The fraction of sp³-hybridized carbons (Fsp3) is 0.371. The Balaban J connectivity index is 1.16. The normalized spacial score (nSPS) is 16.8. The van der Waals surface area contributed by atoms with E-state index in [0.29, 0.717) is 36.3 Å². The van der Waals surface area contributed by atoms with Crippen LogP contribution in [0.1, 0.15) is 36.8 Å². The first-order chi connectivity index (χ1) is 21.9. The molecule has 234 valence electrons. The standard InChI is InChI=1S/C35H37F3N6O/c1-42(2)25-12-14-43(15-13-25)31-11-10-24(20-27(31)36)40-35-39-21-29(38)33(41-35)23-18-28(37)34-32(19-23)44(16-17-45-34)30-9-5-7-22-6-3-4-8-26(22)30/h5,7,9-11,18-21,25H,3-4,6,8,12-17H2,1-2H3,(H,39,40,41). The Bertz CT molecular complexity index is 1720. The van der Waals surface area contributed by atoms with Gasteiger partial charge in [-0.3, -0.25) is 0 Å². The molecule has 0 unspecified atom stereocenters. The minimum Gasteiger partial charge on any atom is -0.486 e. The lowest BCUT2D eigenvalue weighted by molar-refractivity contribution is 0.249. The van der Waals surface area contributed by atoms with Gasteiger partial charge < -0.3 is 24.8 Å². The maximum Gasteiger partial charge on any atom is 0.227 e. The summed E-state index contributed by atoms with van der Waals surface area (Å²) in [4.78, 5) is 14.8. The van der Waals surface area contributed by atoms with E-state index in [9.17, 15) is 0 Å². The molecular formula is C35H37F3N6O. The molecule has 3 aliphatic rings. The molecule has 45 heavy (non-hydrogen) atoms. The van der Waals surface area contributed by atoms with Gasteiger partial charge in [0.1, 0.15) is 18.1 Å². The van der Waals surface area contributed by atoms with Crippen molar-refractivity contribution in [1.29, 1.82) is 0 Å². The first kappa shape index (κ1) is 29.4. The minimum atomic E-state index is -0.692. The van der Waals surface area contributed by atoms with Gasteiger partial charge in [-0.2, -0.15) is 0 Å². The first-order valence-electron chi connectivity index (χ1n) is 15.7. The lowest BCUT2D eigenvalue weighted by Gasteiger charge is -2.36. The molecule has 0 atom stereocenters. The molecule has 1 saturated heterocycles. The van der Waals surface area contributed by atoms with Gasteiger partial charge >= 0.3 is 0 Å². The number of anilines is 5. The molecule has 1 fully saturated rings. The summed E-state index contributed by atoms with van der Waals surface area (Å²) in [5.74, 6) is -1.41. The van der Waals surface area contributed by atoms with Crippen LogP contribution in [0.2, 0.25) is 0 Å². The summed E-state index contributed by atoms with van der Waals surface area (Å²) < 4.78 is 51.7. The summed E-state index contributed by atoms with van der Waals surface area (Å²) in [7, 11) is 4.15. The van der Waals surface area contributed by atoms with Crippen molar-refractivity contribution >= 4 is 28.7 Å². The third-order valence-corrected chi connectivity index (χ3v) is 9.29. The molecule has 2 aliphatic heterocycles. The number of fused-ring (bicyclic) bond motifs is 2. The number of rotatable bonds is 6. The summed E-state index contributed by atoms with van der Waals surface area (Å²) in [5.41, 5.74) is 5.35. The molecule has 3 aromatic carbocycles. The van der Waals surface area contributed by atoms with E-state index >= 15 is 13.2 Å². The van der Waals surface area contributed by atoms with Crippen molar-refractivity contribution in [3.05, 3.63) is 83.3 Å². The molecule has 0 radical (unpaired) electrons. The Morgan fingerprint density at radius 1 is 0.867 bits per heavy atom. The van der Waals surface area contributed by atoms with Gasteiger partial charge in [0.25, 0.3) is 0 Å². The molecule has 3 heterocycles. The average Bonchev–Trinajstić information content (AvgIpc) is 3.05. The second-order valence-electron chi connectivity index (χ2n) is 12.3. The highest BCUT2D eigenvalue weighted by Crippen LogP contribution is 2.44. The fourth-order valence-electron chi connectivity index (χ4n) is 6.91. The predicted molar refractivity (Wildman–Crippen MR) is 172 cm³/mol. The van der Waals surface area contributed by atoms with E-state index in [0.717, 1.165) is 63.5 Å². The molecule has 0 saturated carbocycles. The topological polar surface area (TPSA) is 56.8 Å². The third kappa shape index (κ3) is 5.79. The van der Waals surface area contributed by atoms with Crippen molar-refractivity contribution in [2.45, 2.75) is 44.6 Å². The zero-order valence-electron chi connectivity index (χ0n) is 25.6. The Morgan fingerprint density at radius 3 is 2.49 bits per heavy atom. The van der Waals surface area contributed by atoms with Gasteiger partial charge in [0.15, 0.2) is 17.4 Å². The Morgan fingerprint density at radius 2 is 1.69 bits per heavy atom. The highest BCUT2D eigenvalue weighted by atomic mass is 19.1. The summed E-state index contributed by atoms with van der Waals surface area (Å²) in [5, 5.41) is 3.00. The van der Waals surface area contributed by atoms with Crippen LogP contribution in [-0.4, -0.2) is 61.2 Å². The van der Waals surface area contributed by atoms with E-state index in [1.54, 1.807) is 18.2 Å². The highest BCUT2D eigenvalue weighted by Gasteiger charge is 2.28. The van der Waals surface area contributed by atoms with Gasteiger partial charge in [0.2, 0.25) is 5.95 Å². The lowest BCUT2D eigenvalue weighted by Crippen LogP contribution is -2.42. The number of nitrogens with zero attached hydrogens (tertiary/aromatic N) is 5. The van der Waals surface area contributed by atoms with Gasteiger partial charge in [-0.15, -0.1) is 0 Å². The fourth-order valence-corrected chi connectivity index (χ4v) is 6.91. The first-order valence-corrected chi connectivity index (χ1v) is 15.7. The van der Waals surface area contributed by atoms with E-state index in [2.05, 4.69) is 56.2 Å². The number of aromatic nitrogens is 2. The number of hydrogen-bond donors (Lipinski definition) is 1. The zero-order valence-corrected chi connectivity index (χ0v) is 25.6. The van der Waals surface area contributed by atoms with Crippen LogP contribution in [0.25, 0.3) is 11.3 Å². The van der Waals surface area contributed by atoms with Crippen LogP contribution >= 0.6 is 0 Å². The summed E-state index contributed by atoms with van der Waals surface area (Å²) in [6, 6.07) is 14.6. The van der Waals surface area contributed by atoms with Gasteiger partial charge in [-0.25, -0.2) is 23.1 Å². The van der Waals surface area contributed by atoms with Gasteiger partial charge in [0.05, 0.1) is 24.1 Å². The molecule has 7 nitrogen and oxygen atoms in total. The second kappa shape index (κ2) is 12.2. The van der Waals surface area contributed by atoms with Crippen molar-refractivity contribution in [3.63, 3.8) is 0 Å². The van der Waals surface area contributed by atoms with Crippen LogP contribution in [0.3, 0.4) is 0 Å². The number of nitrogens with one attached hydrogen (secondary N) is 1. The Labute approximate surface area is 261 Å². The zero-order chi connectivity index (χ0) is 31.1. The Kier molecular flexibility index (Phi) is 7.99. The molecule has 0 spiro atoms. The Hall–Kier alpha value is -4.31. The minimum absolute atomic E-state index is 0.0596. The van der Waals surface area contributed by atoms with E-state index in [1.165, 1.54) is 23.3 Å². The number of hydrogen-bond acceptors (Lipinski definition) is 7. The van der Waals surface area contributed by atoms with Crippen LogP contribution in [0.4, 0.5) is 41.9 Å². The van der Waals surface area contributed by atoms with Crippen molar-refractivity contribution in [1.82, 2.24) is 14.9 Å². The van der Waals surface area contributed by atoms with Crippen LogP contribution in [0.5, 0.6) is 5.75 Å². The summed E-state index contributed by atoms with van der Waals surface area (Å²) >= 11 is 0. The van der Waals surface area contributed by atoms with Gasteiger partial charge in [-0.1, -0.05) is 12.1 Å². The molecule has 1 aromatic heterocycles. The van der Waals surface area contributed by atoms with Crippen molar-refractivity contribution in [2.24, 2.45) is 0 Å². The van der Waals surface area contributed by atoms with Crippen molar-refractivity contribution in [2.75, 3.05) is 55.5 Å². The quantitative estimate of drug-likeness (QED) is 0.246. The molecular weight excluding hydrogens is 577 g/mol. The molecule has 7 rings (SSSR count).